The van der Waals surface area contributed by atoms with E-state index in [2.05, 4.69) is 25.7 Å². The third kappa shape index (κ3) is 13.0. The Labute approximate surface area is 247 Å². The SMILES string of the molecule is CCC/C=N/N(/C=C(\C)C(=O)NCc1cc(C(F)(F)F)ccn1)CC(F)CCn1ccc(NC(=O)OCC(C)C)nc1=O. The van der Waals surface area contributed by atoms with Crippen LogP contribution in [0.15, 0.2) is 52.3 Å². The number of nitrogens with one attached hydrogen (secondary N) is 2. The molecule has 1 unspecified atom stereocenters. The van der Waals surface area contributed by atoms with Crippen molar-refractivity contribution in [2.45, 2.75) is 72.4 Å². The van der Waals surface area contributed by atoms with Gasteiger partial charge in [-0.2, -0.15) is 23.3 Å². The molecular weight excluding hydrogens is 574 g/mol. The molecular formula is C28H37F4N7O4. The van der Waals surface area contributed by atoms with Crippen LogP contribution < -0.4 is 16.3 Å². The average molecular weight is 612 g/mol. The number of carbonyl (C=O) groups is 2. The maximum absolute atomic E-state index is 15.0. The first kappa shape index (κ1) is 34.9. The van der Waals surface area contributed by atoms with Crippen molar-refractivity contribution in [3.8, 4) is 0 Å². The summed E-state index contributed by atoms with van der Waals surface area (Å²) in [6.07, 6.45) is -0.112. The van der Waals surface area contributed by atoms with Crippen molar-refractivity contribution in [3.63, 3.8) is 0 Å². The summed E-state index contributed by atoms with van der Waals surface area (Å²) >= 11 is 0. The molecule has 0 aliphatic heterocycles. The third-order valence-corrected chi connectivity index (χ3v) is 5.64. The highest BCUT2D eigenvalue weighted by Gasteiger charge is 2.30. The van der Waals surface area contributed by atoms with Gasteiger partial charge in [-0.3, -0.25) is 24.7 Å². The molecule has 0 fully saturated rings. The lowest BCUT2D eigenvalue weighted by molar-refractivity contribution is -0.137. The fraction of sp³-hybridized carbons (Fsp3) is 0.500. The number of aromatic nitrogens is 3. The minimum atomic E-state index is -4.54. The number of unbranched alkanes of at least 4 members (excludes halogenated alkanes) is 1. The van der Waals surface area contributed by atoms with Crippen LogP contribution in [-0.2, 0) is 28.8 Å². The van der Waals surface area contributed by atoms with Gasteiger partial charge in [0.15, 0.2) is 0 Å². The summed E-state index contributed by atoms with van der Waals surface area (Å²) in [5.74, 6) is -0.448. The monoisotopic (exact) mass is 611 g/mol. The van der Waals surface area contributed by atoms with E-state index in [9.17, 15) is 31.9 Å². The number of rotatable bonds is 15. The Balaban J connectivity index is 1.98. The maximum atomic E-state index is 15.0. The minimum absolute atomic E-state index is 0.00553. The Morgan fingerprint density at radius 3 is 2.65 bits per heavy atom. The summed E-state index contributed by atoms with van der Waals surface area (Å²) in [6.45, 7) is 6.87. The molecule has 0 saturated carbocycles. The molecule has 0 aliphatic carbocycles. The Morgan fingerprint density at radius 1 is 1.26 bits per heavy atom. The van der Waals surface area contributed by atoms with E-state index < -0.39 is 35.6 Å². The fourth-order valence-electron chi connectivity index (χ4n) is 3.39. The summed E-state index contributed by atoms with van der Waals surface area (Å²) in [6, 6.07) is 3.08. The molecule has 0 aromatic carbocycles. The predicted molar refractivity (Wildman–Crippen MR) is 153 cm³/mol. The van der Waals surface area contributed by atoms with Gasteiger partial charge in [0, 0.05) is 36.9 Å². The van der Waals surface area contributed by atoms with Gasteiger partial charge in [0.25, 0.3) is 0 Å². The fourth-order valence-corrected chi connectivity index (χ4v) is 3.39. The number of ether oxygens (including phenoxy) is 1. The highest BCUT2D eigenvalue weighted by Crippen LogP contribution is 2.29. The van der Waals surface area contributed by atoms with Crippen LogP contribution in [0.3, 0.4) is 0 Å². The summed E-state index contributed by atoms with van der Waals surface area (Å²) in [5.41, 5.74) is -1.40. The van der Waals surface area contributed by atoms with Gasteiger partial charge in [-0.1, -0.05) is 27.2 Å². The Bertz CT molecular complexity index is 1330. The van der Waals surface area contributed by atoms with E-state index in [0.29, 0.717) is 6.42 Å². The molecule has 1 atom stereocenters. The van der Waals surface area contributed by atoms with E-state index in [-0.39, 0.29) is 55.7 Å². The molecule has 0 radical (unpaired) electrons. The number of hydrogen-bond donors (Lipinski definition) is 2. The zero-order valence-electron chi connectivity index (χ0n) is 24.5. The number of nitrogens with zero attached hydrogens (tertiary/aromatic N) is 5. The number of carbonyl (C=O) groups excluding carboxylic acids is 2. The Morgan fingerprint density at radius 2 is 2.00 bits per heavy atom. The lowest BCUT2D eigenvalue weighted by Gasteiger charge is -2.19. The number of alkyl halides is 4. The van der Waals surface area contributed by atoms with Crippen LogP contribution in [0.25, 0.3) is 0 Å². The molecule has 43 heavy (non-hydrogen) atoms. The number of anilines is 1. The zero-order chi connectivity index (χ0) is 32.0. The first-order valence-corrected chi connectivity index (χ1v) is 13.7. The maximum Gasteiger partial charge on any atom is 0.416 e. The van der Waals surface area contributed by atoms with Gasteiger partial charge >= 0.3 is 18.0 Å². The molecule has 236 valence electrons. The predicted octanol–water partition coefficient (Wildman–Crippen LogP) is 4.90. The third-order valence-electron chi connectivity index (χ3n) is 5.64. The molecule has 2 aromatic rings. The van der Waals surface area contributed by atoms with Gasteiger partial charge in [-0.05, 0) is 43.9 Å². The number of halogens is 4. The second-order valence-corrected chi connectivity index (χ2v) is 10.0. The van der Waals surface area contributed by atoms with Gasteiger partial charge in [0.1, 0.15) is 12.0 Å². The van der Waals surface area contributed by atoms with E-state index in [0.717, 1.165) is 24.8 Å². The smallest absolute Gasteiger partial charge is 0.416 e. The molecule has 2 N–H and O–H groups in total. The lowest BCUT2D eigenvalue weighted by atomic mass is 10.2. The topological polar surface area (TPSA) is 131 Å². The summed E-state index contributed by atoms with van der Waals surface area (Å²) in [7, 11) is 0. The summed E-state index contributed by atoms with van der Waals surface area (Å²) < 4.78 is 60.0. The molecule has 2 aromatic heterocycles. The van der Waals surface area contributed by atoms with Crippen LogP contribution >= 0.6 is 0 Å². The molecule has 15 heteroatoms. The van der Waals surface area contributed by atoms with Crippen LogP contribution in [0, 0.1) is 5.92 Å². The summed E-state index contributed by atoms with van der Waals surface area (Å²) in [4.78, 5) is 44.3. The highest BCUT2D eigenvalue weighted by molar-refractivity contribution is 5.92. The Hall–Kier alpha value is -4.30. The normalized spacial score (nSPS) is 12.8. The molecule has 0 spiro atoms. The summed E-state index contributed by atoms with van der Waals surface area (Å²) in [5, 5.41) is 10.3. The standard InChI is InChI=1S/C28H37F4N7O4/c1-5-6-10-35-39(16-20(4)25(40)34-15-23-14-21(7-11-33-23)28(30,31)32)17-22(29)8-12-38-13-9-24(36-26(38)41)37-27(42)43-18-19(2)3/h7,9-11,13-14,16,19,22H,5-6,8,12,15,17-18H2,1-4H3,(H,34,40)(H,36,37,41,42)/b20-16+,35-10+. The molecule has 0 bridgehead atoms. The van der Waals surface area contributed by atoms with Gasteiger partial charge in [-0.15, -0.1) is 0 Å². The van der Waals surface area contributed by atoms with Gasteiger partial charge < -0.3 is 10.1 Å². The van der Waals surface area contributed by atoms with E-state index in [1.54, 1.807) is 6.21 Å². The quantitative estimate of drug-likeness (QED) is 0.127. The molecule has 11 nitrogen and oxygen atoms in total. The molecule has 2 rings (SSSR count). The molecule has 2 amide bonds. The van der Waals surface area contributed by atoms with Gasteiger partial charge in [0.05, 0.1) is 31.0 Å². The van der Waals surface area contributed by atoms with E-state index in [4.69, 9.17) is 4.74 Å². The van der Waals surface area contributed by atoms with Crippen LogP contribution in [0.5, 0.6) is 0 Å². The second-order valence-electron chi connectivity index (χ2n) is 10.0. The first-order chi connectivity index (χ1) is 20.3. The van der Waals surface area contributed by atoms with Crippen molar-refractivity contribution >= 4 is 24.0 Å². The van der Waals surface area contributed by atoms with Crippen molar-refractivity contribution in [1.82, 2.24) is 24.9 Å². The number of aryl methyl sites for hydroxylation is 1. The van der Waals surface area contributed by atoms with E-state index >= 15 is 0 Å². The average Bonchev–Trinajstić information content (AvgIpc) is 2.94. The Kier molecular flexibility index (Phi) is 13.8. The van der Waals surface area contributed by atoms with Crippen LogP contribution in [0.1, 0.15) is 58.2 Å². The number of hydrazone groups is 1. The van der Waals surface area contributed by atoms with Gasteiger partial charge in [0.2, 0.25) is 5.91 Å². The second kappa shape index (κ2) is 17.0. The van der Waals surface area contributed by atoms with Crippen LogP contribution in [-0.4, -0.2) is 57.1 Å². The molecule has 0 aliphatic rings. The molecule has 2 heterocycles. The van der Waals surface area contributed by atoms with E-state index in [1.165, 1.54) is 35.0 Å². The van der Waals surface area contributed by atoms with Crippen molar-refractivity contribution in [2.75, 3.05) is 18.5 Å². The molecule has 0 saturated heterocycles. The largest absolute Gasteiger partial charge is 0.449 e. The van der Waals surface area contributed by atoms with Crippen LogP contribution in [0.4, 0.5) is 28.2 Å². The number of pyridine rings is 1. The van der Waals surface area contributed by atoms with Crippen molar-refractivity contribution in [1.29, 1.82) is 0 Å². The minimum Gasteiger partial charge on any atom is -0.449 e. The first-order valence-electron chi connectivity index (χ1n) is 13.7. The zero-order valence-corrected chi connectivity index (χ0v) is 24.5. The highest BCUT2D eigenvalue weighted by atomic mass is 19.4. The number of amides is 2. The van der Waals surface area contributed by atoms with Crippen molar-refractivity contribution < 1.29 is 31.9 Å². The van der Waals surface area contributed by atoms with Crippen molar-refractivity contribution in [3.05, 3.63) is 64.1 Å². The van der Waals surface area contributed by atoms with Crippen LogP contribution in [0.2, 0.25) is 0 Å². The van der Waals surface area contributed by atoms with Gasteiger partial charge in [-0.25, -0.2) is 14.0 Å². The lowest BCUT2D eigenvalue weighted by Crippen LogP contribution is -2.29. The van der Waals surface area contributed by atoms with E-state index in [1.807, 2.05) is 20.8 Å². The number of hydrogen-bond acceptors (Lipinski definition) is 8. The van der Waals surface area contributed by atoms with Crippen molar-refractivity contribution in [2.24, 2.45) is 11.0 Å².